The summed E-state index contributed by atoms with van der Waals surface area (Å²) in [5.74, 6) is 1.62. The van der Waals surface area contributed by atoms with E-state index in [1.807, 2.05) is 30.3 Å². The molecule has 138 valence electrons. The molecule has 1 heterocycles. The Kier molecular flexibility index (Phi) is 7.98. The van der Waals surface area contributed by atoms with Crippen molar-refractivity contribution in [2.75, 3.05) is 20.3 Å². The van der Waals surface area contributed by atoms with Crippen molar-refractivity contribution in [3.63, 3.8) is 0 Å². The van der Waals surface area contributed by atoms with Gasteiger partial charge in [-0.25, -0.2) is 0 Å². The van der Waals surface area contributed by atoms with Crippen LogP contribution in [0.1, 0.15) is 31.6 Å². The van der Waals surface area contributed by atoms with Crippen LogP contribution in [0.25, 0.3) is 0 Å². The molecule has 0 aliphatic heterocycles. The van der Waals surface area contributed by atoms with Crippen molar-refractivity contribution in [3.8, 4) is 5.75 Å². The first-order valence-electron chi connectivity index (χ1n) is 8.77. The van der Waals surface area contributed by atoms with E-state index in [0.29, 0.717) is 19.2 Å². The molecule has 5 nitrogen and oxygen atoms in total. The van der Waals surface area contributed by atoms with Crippen molar-refractivity contribution in [2.24, 2.45) is 0 Å². The van der Waals surface area contributed by atoms with Gasteiger partial charge in [0.25, 0.3) is 0 Å². The number of hydrogen-bond donors (Lipinski definition) is 1. The van der Waals surface area contributed by atoms with E-state index in [4.69, 9.17) is 13.9 Å². The van der Waals surface area contributed by atoms with Crippen molar-refractivity contribution in [1.82, 2.24) is 4.90 Å². The molecular formula is C20H29NO4. The first kappa shape index (κ1) is 19.5. The molecule has 1 aromatic carbocycles. The highest BCUT2D eigenvalue weighted by atomic mass is 16.5. The van der Waals surface area contributed by atoms with E-state index < -0.39 is 6.10 Å². The van der Waals surface area contributed by atoms with Gasteiger partial charge < -0.3 is 19.0 Å². The summed E-state index contributed by atoms with van der Waals surface area (Å²) in [6.45, 7) is 6.32. The Morgan fingerprint density at radius 3 is 2.76 bits per heavy atom. The summed E-state index contributed by atoms with van der Waals surface area (Å²) in [6.07, 6.45) is 2.09. The third-order valence-corrected chi connectivity index (χ3v) is 4.31. The number of rotatable bonds is 11. The third-order valence-electron chi connectivity index (χ3n) is 4.31. The average Bonchev–Trinajstić information content (AvgIpc) is 3.14. The van der Waals surface area contributed by atoms with Crippen LogP contribution in [0.15, 0.2) is 47.1 Å². The highest BCUT2D eigenvalue weighted by Gasteiger charge is 2.17. The highest BCUT2D eigenvalue weighted by Crippen LogP contribution is 2.17. The van der Waals surface area contributed by atoms with Crippen molar-refractivity contribution >= 4 is 0 Å². The lowest BCUT2D eigenvalue weighted by Gasteiger charge is -2.30. The first-order chi connectivity index (χ1) is 12.1. The SMILES string of the molecule is CCC(C)N(Cc1cccc(OC)c1)CC(O)COCc1ccco1. The molecule has 0 spiro atoms. The summed E-state index contributed by atoms with van der Waals surface area (Å²) in [5, 5.41) is 10.3. The maximum atomic E-state index is 10.3. The quantitative estimate of drug-likeness (QED) is 0.674. The number of hydrogen-bond acceptors (Lipinski definition) is 5. The van der Waals surface area contributed by atoms with Gasteiger partial charge in [0, 0.05) is 19.1 Å². The molecule has 0 amide bonds. The Balaban J connectivity index is 1.87. The maximum absolute atomic E-state index is 10.3. The van der Waals surface area contributed by atoms with Crippen LogP contribution in [-0.2, 0) is 17.9 Å². The number of methoxy groups -OCH3 is 1. The van der Waals surface area contributed by atoms with Gasteiger partial charge in [-0.2, -0.15) is 0 Å². The van der Waals surface area contributed by atoms with Gasteiger partial charge in [0.2, 0.25) is 0 Å². The molecule has 2 atom stereocenters. The Labute approximate surface area is 150 Å². The van der Waals surface area contributed by atoms with E-state index in [9.17, 15) is 5.11 Å². The van der Waals surface area contributed by atoms with Crippen molar-refractivity contribution < 1.29 is 19.0 Å². The van der Waals surface area contributed by atoms with E-state index in [2.05, 4.69) is 24.8 Å². The lowest BCUT2D eigenvalue weighted by atomic mass is 10.1. The number of nitrogens with zero attached hydrogens (tertiary/aromatic N) is 1. The van der Waals surface area contributed by atoms with Crippen LogP contribution in [0.3, 0.4) is 0 Å². The van der Waals surface area contributed by atoms with Gasteiger partial charge in [-0.05, 0) is 43.2 Å². The normalized spacial score (nSPS) is 13.8. The second-order valence-corrected chi connectivity index (χ2v) is 6.29. The standard InChI is InChI=1S/C20H29NO4/c1-4-16(2)21(12-17-7-5-8-19(11-17)23-3)13-18(22)14-24-15-20-9-6-10-25-20/h5-11,16,18,22H,4,12-15H2,1-3H3. The molecule has 5 heteroatoms. The van der Waals surface area contributed by atoms with Crippen LogP contribution in [0.4, 0.5) is 0 Å². The molecular weight excluding hydrogens is 318 g/mol. The van der Waals surface area contributed by atoms with E-state index >= 15 is 0 Å². The molecule has 0 saturated heterocycles. The molecule has 0 aliphatic carbocycles. The molecule has 2 aromatic rings. The number of aliphatic hydroxyl groups excluding tert-OH is 1. The summed E-state index contributed by atoms with van der Waals surface area (Å²) in [6, 6.07) is 12.1. The summed E-state index contributed by atoms with van der Waals surface area (Å²) in [5.41, 5.74) is 1.17. The molecule has 0 fully saturated rings. The maximum Gasteiger partial charge on any atom is 0.129 e. The van der Waals surface area contributed by atoms with E-state index in [1.165, 1.54) is 5.56 Å². The molecule has 0 aliphatic rings. The monoisotopic (exact) mass is 347 g/mol. The lowest BCUT2D eigenvalue weighted by Crippen LogP contribution is -2.39. The Hall–Kier alpha value is -1.82. The van der Waals surface area contributed by atoms with Crippen molar-refractivity contribution in [2.45, 2.75) is 45.6 Å². The molecule has 0 saturated carbocycles. The number of ether oxygens (including phenoxy) is 2. The zero-order valence-corrected chi connectivity index (χ0v) is 15.4. The molecule has 25 heavy (non-hydrogen) atoms. The Morgan fingerprint density at radius 1 is 1.24 bits per heavy atom. The van der Waals surface area contributed by atoms with Gasteiger partial charge in [-0.3, -0.25) is 4.90 Å². The Bertz CT molecular complexity index is 600. The summed E-state index contributed by atoms with van der Waals surface area (Å²) in [7, 11) is 1.67. The fourth-order valence-corrected chi connectivity index (χ4v) is 2.68. The molecule has 2 unspecified atom stereocenters. The Morgan fingerprint density at radius 2 is 2.08 bits per heavy atom. The fourth-order valence-electron chi connectivity index (χ4n) is 2.68. The molecule has 1 aromatic heterocycles. The van der Waals surface area contributed by atoms with E-state index in [0.717, 1.165) is 24.5 Å². The van der Waals surface area contributed by atoms with Gasteiger partial charge in [0.05, 0.1) is 26.1 Å². The van der Waals surface area contributed by atoms with Crippen LogP contribution in [0, 0.1) is 0 Å². The van der Waals surface area contributed by atoms with Crippen LogP contribution >= 0.6 is 0 Å². The van der Waals surface area contributed by atoms with Crippen LogP contribution in [0.5, 0.6) is 5.75 Å². The van der Waals surface area contributed by atoms with Gasteiger partial charge >= 0.3 is 0 Å². The van der Waals surface area contributed by atoms with Gasteiger partial charge in [0.15, 0.2) is 0 Å². The van der Waals surface area contributed by atoms with Crippen molar-refractivity contribution in [3.05, 3.63) is 54.0 Å². The molecule has 0 bridgehead atoms. The third kappa shape index (κ3) is 6.53. The minimum atomic E-state index is -0.547. The minimum Gasteiger partial charge on any atom is -0.497 e. The predicted octanol–water partition coefficient (Wildman–Crippen LogP) is 3.47. The van der Waals surface area contributed by atoms with Crippen LogP contribution in [-0.4, -0.2) is 42.4 Å². The van der Waals surface area contributed by atoms with Crippen LogP contribution in [0.2, 0.25) is 0 Å². The van der Waals surface area contributed by atoms with E-state index in [-0.39, 0.29) is 6.61 Å². The molecule has 2 rings (SSSR count). The van der Waals surface area contributed by atoms with Crippen molar-refractivity contribution in [1.29, 1.82) is 0 Å². The average molecular weight is 347 g/mol. The van der Waals surface area contributed by atoms with E-state index in [1.54, 1.807) is 13.4 Å². The van der Waals surface area contributed by atoms with Crippen LogP contribution < -0.4 is 4.74 Å². The second-order valence-electron chi connectivity index (χ2n) is 6.29. The number of benzene rings is 1. The molecule has 1 N–H and O–H groups in total. The summed E-state index contributed by atoms with van der Waals surface area (Å²) < 4.78 is 16.1. The highest BCUT2D eigenvalue weighted by molar-refractivity contribution is 5.28. The summed E-state index contributed by atoms with van der Waals surface area (Å²) in [4.78, 5) is 2.27. The number of furan rings is 1. The zero-order valence-electron chi connectivity index (χ0n) is 15.4. The van der Waals surface area contributed by atoms with Gasteiger partial charge in [-0.15, -0.1) is 0 Å². The molecule has 0 radical (unpaired) electrons. The largest absolute Gasteiger partial charge is 0.497 e. The number of aliphatic hydroxyl groups is 1. The van der Waals surface area contributed by atoms with Gasteiger partial charge in [0.1, 0.15) is 18.1 Å². The first-order valence-corrected chi connectivity index (χ1v) is 8.77. The van der Waals surface area contributed by atoms with Gasteiger partial charge in [-0.1, -0.05) is 19.1 Å². The fraction of sp³-hybridized carbons (Fsp3) is 0.500. The topological polar surface area (TPSA) is 55.1 Å². The minimum absolute atomic E-state index is 0.283. The lowest BCUT2D eigenvalue weighted by molar-refractivity contribution is -0.00272. The zero-order chi connectivity index (χ0) is 18.1. The predicted molar refractivity (Wildman–Crippen MR) is 97.5 cm³/mol. The smallest absolute Gasteiger partial charge is 0.129 e. The second kappa shape index (κ2) is 10.2. The summed E-state index contributed by atoms with van der Waals surface area (Å²) >= 11 is 0.